The molecule has 0 aliphatic carbocycles. The monoisotopic (exact) mass is 374 g/mol. The number of thiophene rings is 1. The molecule has 0 amide bonds. The first-order valence-corrected chi connectivity index (χ1v) is 7.66. The number of nitrogens with one attached hydrogen (secondary N) is 1. The van der Waals surface area contributed by atoms with Crippen LogP contribution in [0, 0.1) is 6.92 Å². The number of aromatic nitrogens is 1. The summed E-state index contributed by atoms with van der Waals surface area (Å²) >= 11 is 8.70. The van der Waals surface area contributed by atoms with Crippen LogP contribution in [0.3, 0.4) is 0 Å². The summed E-state index contributed by atoms with van der Waals surface area (Å²) in [7, 11) is 0. The normalized spacial score (nSPS) is 12.5. The van der Waals surface area contributed by atoms with Gasteiger partial charge < -0.3 is 5.32 Å². The van der Waals surface area contributed by atoms with Crippen molar-refractivity contribution in [2.24, 2.45) is 0 Å². The maximum atomic E-state index is 4.28. The molecule has 0 fully saturated rings. The molecule has 2 aromatic heterocycles. The van der Waals surface area contributed by atoms with Gasteiger partial charge in [0.2, 0.25) is 0 Å². The van der Waals surface area contributed by atoms with Crippen LogP contribution in [-0.2, 0) is 0 Å². The summed E-state index contributed by atoms with van der Waals surface area (Å²) in [5.41, 5.74) is 2.17. The number of halogens is 2. The van der Waals surface area contributed by atoms with E-state index in [-0.39, 0.29) is 6.04 Å². The zero-order chi connectivity index (χ0) is 12.4. The highest BCUT2D eigenvalue weighted by Crippen LogP contribution is 2.31. The molecule has 0 radical (unpaired) electrons. The Morgan fingerprint density at radius 2 is 2.18 bits per heavy atom. The van der Waals surface area contributed by atoms with Crippen molar-refractivity contribution in [2.45, 2.75) is 19.9 Å². The van der Waals surface area contributed by atoms with Gasteiger partial charge in [0.15, 0.2) is 0 Å². The molecule has 2 heterocycles. The van der Waals surface area contributed by atoms with Gasteiger partial charge in [0, 0.05) is 9.35 Å². The number of hydrogen-bond donors (Lipinski definition) is 1. The standard InChI is InChI=1S/C12H12Br2N2S/c1-7-5-9(6-15-12(7)14)16-8(2)11-10(13)3-4-17-11/h3-6,8,16H,1-2H3. The highest BCUT2D eigenvalue weighted by atomic mass is 79.9. The molecule has 2 aromatic rings. The van der Waals surface area contributed by atoms with Crippen LogP contribution in [0.1, 0.15) is 23.4 Å². The lowest BCUT2D eigenvalue weighted by Crippen LogP contribution is -2.06. The van der Waals surface area contributed by atoms with Gasteiger partial charge in [-0.2, -0.15) is 0 Å². The summed E-state index contributed by atoms with van der Waals surface area (Å²) in [6, 6.07) is 4.44. The number of rotatable bonds is 3. The van der Waals surface area contributed by atoms with Crippen LogP contribution in [-0.4, -0.2) is 4.98 Å². The Hall–Kier alpha value is -0.390. The maximum Gasteiger partial charge on any atom is 0.109 e. The van der Waals surface area contributed by atoms with Crippen LogP contribution in [0.5, 0.6) is 0 Å². The predicted octanol–water partition coefficient (Wildman–Crippen LogP) is 5.15. The molecule has 90 valence electrons. The maximum absolute atomic E-state index is 4.28. The van der Waals surface area contributed by atoms with Crippen LogP contribution >= 0.6 is 43.2 Å². The first kappa shape index (κ1) is 13.1. The van der Waals surface area contributed by atoms with Crippen LogP contribution in [0.25, 0.3) is 0 Å². The average molecular weight is 376 g/mol. The molecule has 1 unspecified atom stereocenters. The second-order valence-corrected chi connectivity index (χ2v) is 6.38. The first-order valence-electron chi connectivity index (χ1n) is 5.19. The van der Waals surface area contributed by atoms with Gasteiger partial charge in [0.1, 0.15) is 4.60 Å². The van der Waals surface area contributed by atoms with E-state index in [9.17, 15) is 0 Å². The Morgan fingerprint density at radius 3 is 2.76 bits per heavy atom. The van der Waals surface area contributed by atoms with Crippen LogP contribution in [0.15, 0.2) is 32.8 Å². The molecule has 1 atom stereocenters. The fourth-order valence-corrected chi connectivity index (χ4v) is 3.51. The van der Waals surface area contributed by atoms with E-state index in [1.165, 1.54) is 4.88 Å². The van der Waals surface area contributed by atoms with Crippen molar-refractivity contribution in [2.75, 3.05) is 5.32 Å². The first-order chi connectivity index (χ1) is 8.08. The Morgan fingerprint density at radius 1 is 1.41 bits per heavy atom. The third kappa shape index (κ3) is 3.09. The summed E-state index contributed by atoms with van der Waals surface area (Å²) in [6.07, 6.45) is 1.84. The van der Waals surface area contributed by atoms with Crippen molar-refractivity contribution >= 4 is 48.9 Å². The molecule has 2 nitrogen and oxygen atoms in total. The topological polar surface area (TPSA) is 24.9 Å². The fourth-order valence-electron chi connectivity index (χ4n) is 1.57. The van der Waals surface area contributed by atoms with Crippen molar-refractivity contribution in [3.8, 4) is 0 Å². The number of nitrogens with zero attached hydrogens (tertiary/aromatic N) is 1. The van der Waals surface area contributed by atoms with Gasteiger partial charge in [0.05, 0.1) is 17.9 Å². The van der Waals surface area contributed by atoms with E-state index in [2.05, 4.69) is 66.6 Å². The van der Waals surface area contributed by atoms with Crippen molar-refractivity contribution in [1.82, 2.24) is 4.98 Å². The number of hydrogen-bond acceptors (Lipinski definition) is 3. The summed E-state index contributed by atoms with van der Waals surface area (Å²) in [5, 5.41) is 5.54. The quantitative estimate of drug-likeness (QED) is 0.750. The number of anilines is 1. The Kier molecular flexibility index (Phi) is 4.22. The van der Waals surface area contributed by atoms with Gasteiger partial charge in [0.25, 0.3) is 0 Å². The van der Waals surface area contributed by atoms with Gasteiger partial charge in [-0.1, -0.05) is 0 Å². The molecule has 5 heteroatoms. The smallest absolute Gasteiger partial charge is 0.109 e. The van der Waals surface area contributed by atoms with Crippen molar-refractivity contribution in [3.63, 3.8) is 0 Å². The molecule has 0 aliphatic rings. The summed E-state index contributed by atoms with van der Waals surface area (Å²) in [4.78, 5) is 5.58. The van der Waals surface area contributed by atoms with E-state index in [0.29, 0.717) is 0 Å². The third-order valence-corrected chi connectivity index (χ3v) is 5.32. The van der Waals surface area contributed by atoms with Crippen molar-refractivity contribution in [1.29, 1.82) is 0 Å². The summed E-state index contributed by atoms with van der Waals surface area (Å²) < 4.78 is 2.05. The van der Waals surface area contributed by atoms with Gasteiger partial charge in [-0.3, -0.25) is 0 Å². The van der Waals surface area contributed by atoms with E-state index < -0.39 is 0 Å². The lowest BCUT2D eigenvalue weighted by atomic mass is 10.2. The van der Waals surface area contributed by atoms with Crippen molar-refractivity contribution in [3.05, 3.63) is 43.2 Å². The Labute approximate surface area is 122 Å². The zero-order valence-corrected chi connectivity index (χ0v) is 13.5. The van der Waals surface area contributed by atoms with Gasteiger partial charge >= 0.3 is 0 Å². The second kappa shape index (κ2) is 5.50. The van der Waals surface area contributed by atoms with E-state index in [1.807, 2.05) is 13.1 Å². The van der Waals surface area contributed by atoms with Gasteiger partial charge in [-0.25, -0.2) is 4.98 Å². The SMILES string of the molecule is Cc1cc(NC(C)c2sccc2Br)cnc1Br. The molecule has 17 heavy (non-hydrogen) atoms. The minimum absolute atomic E-state index is 0.270. The third-order valence-electron chi connectivity index (χ3n) is 2.44. The van der Waals surface area contributed by atoms with E-state index in [0.717, 1.165) is 20.3 Å². The number of pyridine rings is 1. The van der Waals surface area contributed by atoms with E-state index in [4.69, 9.17) is 0 Å². The Balaban J connectivity index is 2.16. The molecular weight excluding hydrogens is 364 g/mol. The molecule has 2 rings (SSSR count). The summed E-state index contributed by atoms with van der Waals surface area (Å²) in [6.45, 7) is 4.18. The predicted molar refractivity (Wildman–Crippen MR) is 80.7 cm³/mol. The van der Waals surface area contributed by atoms with Crippen LogP contribution in [0.2, 0.25) is 0 Å². The van der Waals surface area contributed by atoms with Crippen LogP contribution in [0.4, 0.5) is 5.69 Å². The second-order valence-electron chi connectivity index (χ2n) is 3.83. The summed E-state index contributed by atoms with van der Waals surface area (Å²) in [5.74, 6) is 0. The molecule has 0 spiro atoms. The molecule has 0 saturated carbocycles. The molecule has 1 N–H and O–H groups in total. The molecule has 0 aliphatic heterocycles. The van der Waals surface area contributed by atoms with E-state index in [1.54, 1.807) is 11.3 Å². The molecule has 0 bridgehead atoms. The zero-order valence-electron chi connectivity index (χ0n) is 9.50. The Bertz CT molecular complexity index is 525. The highest BCUT2D eigenvalue weighted by molar-refractivity contribution is 9.10. The molecular formula is C12H12Br2N2S. The molecule has 0 aromatic carbocycles. The van der Waals surface area contributed by atoms with Gasteiger partial charge in [-0.05, 0) is 68.8 Å². The number of aryl methyl sites for hydroxylation is 1. The molecule has 0 saturated heterocycles. The minimum atomic E-state index is 0.270. The minimum Gasteiger partial charge on any atom is -0.376 e. The lowest BCUT2D eigenvalue weighted by Gasteiger charge is -2.14. The van der Waals surface area contributed by atoms with Gasteiger partial charge in [-0.15, -0.1) is 11.3 Å². The average Bonchev–Trinajstić information content (AvgIpc) is 2.70. The van der Waals surface area contributed by atoms with E-state index >= 15 is 0 Å². The largest absolute Gasteiger partial charge is 0.376 e. The van der Waals surface area contributed by atoms with Crippen LogP contribution < -0.4 is 5.32 Å². The lowest BCUT2D eigenvalue weighted by molar-refractivity contribution is 0.900. The highest BCUT2D eigenvalue weighted by Gasteiger charge is 2.11. The van der Waals surface area contributed by atoms with Crippen molar-refractivity contribution < 1.29 is 0 Å². The fraction of sp³-hybridized carbons (Fsp3) is 0.250.